The van der Waals surface area contributed by atoms with Crippen molar-refractivity contribution in [3.05, 3.63) is 70.8 Å². The van der Waals surface area contributed by atoms with Crippen LogP contribution >= 0.6 is 0 Å². The van der Waals surface area contributed by atoms with Gasteiger partial charge in [-0.25, -0.2) is 0 Å². The van der Waals surface area contributed by atoms with E-state index in [1.165, 1.54) is 17.7 Å². The summed E-state index contributed by atoms with van der Waals surface area (Å²) in [7, 11) is 0. The van der Waals surface area contributed by atoms with Gasteiger partial charge in [-0.3, -0.25) is 4.79 Å². The Morgan fingerprint density at radius 1 is 1.07 bits per heavy atom. The van der Waals surface area contributed by atoms with Crippen molar-refractivity contribution >= 4 is 5.91 Å². The standard InChI is InChI=1S/C14H21NO.C8H7F3O/c1-10(2)9-14(16)15-12(4)13-7-5-11(3)6-8-13;9-8(10,11)7-3-1-2-6(4-7)5-12/h5-8,10,12H,9H2,1-4H3,(H,15,16);1-4,12H,5H2. The second-order valence-corrected chi connectivity index (χ2v) is 7.15. The summed E-state index contributed by atoms with van der Waals surface area (Å²) in [6.07, 6.45) is -3.73. The Morgan fingerprint density at radius 2 is 1.68 bits per heavy atom. The summed E-state index contributed by atoms with van der Waals surface area (Å²) >= 11 is 0. The average Bonchev–Trinajstić information content (AvgIpc) is 2.61. The number of aliphatic hydroxyl groups is 1. The Bertz CT molecular complexity index is 740. The van der Waals surface area contributed by atoms with Gasteiger partial charge >= 0.3 is 6.18 Å². The van der Waals surface area contributed by atoms with Gasteiger partial charge in [0, 0.05) is 6.42 Å². The van der Waals surface area contributed by atoms with Gasteiger partial charge in [0.1, 0.15) is 0 Å². The van der Waals surface area contributed by atoms with Crippen molar-refractivity contribution in [2.45, 2.75) is 52.9 Å². The molecule has 28 heavy (non-hydrogen) atoms. The van der Waals surface area contributed by atoms with E-state index in [1.54, 1.807) is 0 Å². The number of carbonyl (C=O) groups is 1. The lowest BCUT2D eigenvalue weighted by molar-refractivity contribution is -0.137. The van der Waals surface area contributed by atoms with Crippen LogP contribution in [0.1, 0.15) is 55.5 Å². The van der Waals surface area contributed by atoms with E-state index in [0.717, 1.165) is 17.7 Å². The molecule has 1 atom stereocenters. The first-order valence-electron chi connectivity index (χ1n) is 9.15. The molecule has 3 nitrogen and oxygen atoms in total. The average molecular weight is 395 g/mol. The maximum absolute atomic E-state index is 12.0. The molecule has 1 amide bonds. The highest BCUT2D eigenvalue weighted by molar-refractivity contribution is 5.76. The van der Waals surface area contributed by atoms with Crippen LogP contribution in [0.5, 0.6) is 0 Å². The fourth-order valence-corrected chi connectivity index (χ4v) is 2.46. The van der Waals surface area contributed by atoms with Crippen LogP contribution in [0.2, 0.25) is 0 Å². The van der Waals surface area contributed by atoms with E-state index in [9.17, 15) is 18.0 Å². The van der Waals surface area contributed by atoms with E-state index in [-0.39, 0.29) is 24.1 Å². The van der Waals surface area contributed by atoms with E-state index in [0.29, 0.717) is 12.3 Å². The van der Waals surface area contributed by atoms with Gasteiger partial charge in [0.15, 0.2) is 0 Å². The molecule has 6 heteroatoms. The Labute approximate surface area is 164 Å². The Hall–Kier alpha value is -2.34. The minimum absolute atomic E-state index is 0.0897. The summed E-state index contributed by atoms with van der Waals surface area (Å²) in [6, 6.07) is 13.0. The molecule has 0 aliphatic rings. The highest BCUT2D eigenvalue weighted by atomic mass is 19.4. The SMILES string of the molecule is Cc1ccc(C(C)NC(=O)CC(C)C)cc1.OCc1cccc(C(F)(F)F)c1. The number of hydrogen-bond donors (Lipinski definition) is 2. The van der Waals surface area contributed by atoms with Gasteiger partial charge in [-0.2, -0.15) is 13.2 Å². The lowest BCUT2D eigenvalue weighted by Gasteiger charge is -2.15. The molecule has 0 fully saturated rings. The van der Waals surface area contributed by atoms with Crippen LogP contribution in [-0.2, 0) is 17.6 Å². The first-order valence-corrected chi connectivity index (χ1v) is 9.15. The molecule has 0 heterocycles. The number of alkyl halides is 3. The largest absolute Gasteiger partial charge is 0.416 e. The van der Waals surface area contributed by atoms with Crippen LogP contribution in [0.3, 0.4) is 0 Å². The van der Waals surface area contributed by atoms with Crippen LogP contribution in [0.4, 0.5) is 13.2 Å². The molecule has 154 valence electrons. The van der Waals surface area contributed by atoms with E-state index in [1.807, 2.05) is 6.92 Å². The molecular weight excluding hydrogens is 367 g/mol. The smallest absolute Gasteiger partial charge is 0.392 e. The molecule has 2 aromatic carbocycles. The highest BCUT2D eigenvalue weighted by Crippen LogP contribution is 2.29. The van der Waals surface area contributed by atoms with Crippen molar-refractivity contribution in [2.75, 3.05) is 0 Å². The molecule has 1 unspecified atom stereocenters. The normalized spacial score (nSPS) is 12.2. The predicted molar refractivity (Wildman–Crippen MR) is 105 cm³/mol. The minimum atomic E-state index is -4.33. The predicted octanol–water partition coefficient (Wildman–Crippen LogP) is 5.42. The fraction of sp³-hybridized carbons (Fsp3) is 0.409. The molecule has 0 spiro atoms. The van der Waals surface area contributed by atoms with Gasteiger partial charge in [-0.15, -0.1) is 0 Å². The molecule has 2 N–H and O–H groups in total. The third-order valence-electron chi connectivity index (χ3n) is 3.99. The van der Waals surface area contributed by atoms with Gasteiger partial charge in [0.05, 0.1) is 18.2 Å². The van der Waals surface area contributed by atoms with Crippen molar-refractivity contribution in [1.29, 1.82) is 0 Å². The summed E-state index contributed by atoms with van der Waals surface area (Å²) in [4.78, 5) is 11.6. The Morgan fingerprint density at radius 3 is 2.18 bits per heavy atom. The van der Waals surface area contributed by atoms with Crippen LogP contribution in [-0.4, -0.2) is 11.0 Å². The molecule has 2 rings (SSSR count). The van der Waals surface area contributed by atoms with Crippen LogP contribution in [0, 0.1) is 12.8 Å². The number of halogens is 3. The van der Waals surface area contributed by atoms with Crippen molar-refractivity contribution in [3.63, 3.8) is 0 Å². The molecule has 0 aromatic heterocycles. The van der Waals surface area contributed by atoms with Gasteiger partial charge in [0.25, 0.3) is 0 Å². The molecule has 0 bridgehead atoms. The van der Waals surface area contributed by atoms with Gasteiger partial charge in [-0.05, 0) is 43.0 Å². The van der Waals surface area contributed by atoms with Gasteiger partial charge in [0.2, 0.25) is 5.91 Å². The number of aliphatic hydroxyl groups excluding tert-OH is 1. The number of nitrogens with one attached hydrogen (secondary N) is 1. The van der Waals surface area contributed by atoms with Gasteiger partial charge in [-0.1, -0.05) is 55.8 Å². The second-order valence-electron chi connectivity index (χ2n) is 7.15. The van der Waals surface area contributed by atoms with Crippen LogP contribution < -0.4 is 5.32 Å². The summed E-state index contributed by atoms with van der Waals surface area (Å²) < 4.78 is 36.1. The second kappa shape index (κ2) is 10.9. The quantitative estimate of drug-likeness (QED) is 0.711. The number of amides is 1. The summed E-state index contributed by atoms with van der Waals surface area (Å²) in [5.41, 5.74) is 1.94. The zero-order valence-corrected chi connectivity index (χ0v) is 16.7. The van der Waals surface area contributed by atoms with E-state index < -0.39 is 11.7 Å². The molecule has 0 aliphatic heterocycles. The Kier molecular flexibility index (Phi) is 9.19. The number of benzene rings is 2. The monoisotopic (exact) mass is 395 g/mol. The van der Waals surface area contributed by atoms with Crippen molar-refractivity contribution in [2.24, 2.45) is 5.92 Å². The highest BCUT2D eigenvalue weighted by Gasteiger charge is 2.30. The fourth-order valence-electron chi connectivity index (χ4n) is 2.46. The first-order chi connectivity index (χ1) is 13.0. The van der Waals surface area contributed by atoms with Crippen molar-refractivity contribution < 1.29 is 23.1 Å². The zero-order chi connectivity index (χ0) is 21.3. The molecule has 2 aromatic rings. The zero-order valence-electron chi connectivity index (χ0n) is 16.7. The van der Waals surface area contributed by atoms with Crippen LogP contribution in [0.25, 0.3) is 0 Å². The maximum atomic E-state index is 12.0. The lowest BCUT2D eigenvalue weighted by Crippen LogP contribution is -2.27. The molecule has 0 saturated carbocycles. The number of rotatable bonds is 5. The third-order valence-corrected chi connectivity index (χ3v) is 3.99. The third kappa shape index (κ3) is 8.57. The minimum Gasteiger partial charge on any atom is -0.392 e. The van der Waals surface area contributed by atoms with E-state index >= 15 is 0 Å². The Balaban J connectivity index is 0.000000292. The maximum Gasteiger partial charge on any atom is 0.416 e. The van der Waals surface area contributed by atoms with Crippen LogP contribution in [0.15, 0.2) is 48.5 Å². The number of hydrogen-bond acceptors (Lipinski definition) is 2. The molecule has 0 radical (unpaired) electrons. The topological polar surface area (TPSA) is 49.3 Å². The lowest BCUT2D eigenvalue weighted by atomic mass is 10.1. The van der Waals surface area contributed by atoms with E-state index in [2.05, 4.69) is 50.4 Å². The van der Waals surface area contributed by atoms with E-state index in [4.69, 9.17) is 5.11 Å². The molecule has 0 aliphatic carbocycles. The molecule has 0 saturated heterocycles. The summed E-state index contributed by atoms with van der Waals surface area (Å²) in [5.74, 6) is 0.535. The summed E-state index contributed by atoms with van der Waals surface area (Å²) in [6.45, 7) is 7.81. The number of carbonyl (C=O) groups excluding carboxylic acids is 1. The molecular formula is C22H28F3NO2. The van der Waals surface area contributed by atoms with Crippen molar-refractivity contribution in [1.82, 2.24) is 5.32 Å². The van der Waals surface area contributed by atoms with Gasteiger partial charge < -0.3 is 10.4 Å². The summed E-state index contributed by atoms with van der Waals surface area (Å²) in [5, 5.41) is 11.6. The first kappa shape index (κ1) is 23.7. The van der Waals surface area contributed by atoms with Crippen molar-refractivity contribution in [3.8, 4) is 0 Å². The number of aryl methyl sites for hydroxylation is 1.